The predicted molar refractivity (Wildman–Crippen MR) is 108 cm³/mol. The number of nitro benzene ring substituents is 1. The molecule has 2 amide bonds. The zero-order chi connectivity index (χ0) is 21.8. The second-order valence-electron chi connectivity index (χ2n) is 7.04. The molecule has 0 radical (unpaired) electrons. The lowest BCUT2D eigenvalue weighted by Crippen LogP contribution is -2.42. The molecule has 30 heavy (non-hydrogen) atoms. The van der Waals surface area contributed by atoms with Crippen LogP contribution in [0.1, 0.15) is 35.7 Å². The molecule has 0 aromatic heterocycles. The van der Waals surface area contributed by atoms with Crippen molar-refractivity contribution in [3.63, 3.8) is 0 Å². The van der Waals surface area contributed by atoms with Crippen molar-refractivity contribution in [2.75, 3.05) is 11.9 Å². The van der Waals surface area contributed by atoms with E-state index in [0.717, 1.165) is 0 Å². The maximum absolute atomic E-state index is 12.9. The van der Waals surface area contributed by atoms with Crippen LogP contribution in [0.2, 0.25) is 0 Å². The molecule has 1 aliphatic rings. The highest BCUT2D eigenvalue weighted by atomic mass is 16.6. The SMILES string of the molecule is CC(=O)Nc1ccc(OC(=O)C2CCCN2C(=O)c2ccc([N+](=O)[O-])c(C)c2)cc1. The van der Waals surface area contributed by atoms with Gasteiger partial charge in [-0.25, -0.2) is 4.79 Å². The molecule has 0 spiro atoms. The molecule has 2 aromatic rings. The summed E-state index contributed by atoms with van der Waals surface area (Å²) < 4.78 is 5.41. The van der Waals surface area contributed by atoms with Crippen LogP contribution in [0.15, 0.2) is 42.5 Å². The zero-order valence-corrected chi connectivity index (χ0v) is 16.6. The molecule has 1 aliphatic heterocycles. The fraction of sp³-hybridized carbons (Fsp3) is 0.286. The van der Waals surface area contributed by atoms with Gasteiger partial charge in [0.2, 0.25) is 5.91 Å². The van der Waals surface area contributed by atoms with E-state index in [0.29, 0.717) is 36.4 Å². The molecule has 1 heterocycles. The number of anilines is 1. The number of likely N-dealkylation sites (tertiary alicyclic amines) is 1. The molecule has 0 aliphatic carbocycles. The number of rotatable bonds is 5. The van der Waals surface area contributed by atoms with E-state index in [1.54, 1.807) is 31.2 Å². The number of carbonyl (C=O) groups is 3. The second-order valence-corrected chi connectivity index (χ2v) is 7.04. The van der Waals surface area contributed by atoms with Crippen LogP contribution in [0.3, 0.4) is 0 Å². The van der Waals surface area contributed by atoms with Gasteiger partial charge < -0.3 is 15.0 Å². The van der Waals surface area contributed by atoms with Gasteiger partial charge in [-0.3, -0.25) is 19.7 Å². The largest absolute Gasteiger partial charge is 0.425 e. The van der Waals surface area contributed by atoms with E-state index in [1.807, 2.05) is 0 Å². The molecule has 3 rings (SSSR count). The standard InChI is InChI=1S/C21H21N3O6/c1-13-12-15(5-10-18(13)24(28)29)20(26)23-11-3-4-19(23)21(27)30-17-8-6-16(7-9-17)22-14(2)25/h5-10,12,19H,3-4,11H2,1-2H3,(H,22,25). The molecule has 2 aromatic carbocycles. The third-order valence-electron chi connectivity index (χ3n) is 4.82. The van der Waals surface area contributed by atoms with E-state index in [1.165, 1.54) is 30.0 Å². The topological polar surface area (TPSA) is 119 Å². The number of esters is 1. The minimum Gasteiger partial charge on any atom is -0.425 e. The van der Waals surface area contributed by atoms with Gasteiger partial charge in [0.1, 0.15) is 11.8 Å². The van der Waals surface area contributed by atoms with Crippen LogP contribution in [0.25, 0.3) is 0 Å². The lowest BCUT2D eigenvalue weighted by molar-refractivity contribution is -0.385. The number of nitrogens with one attached hydrogen (secondary N) is 1. The van der Waals surface area contributed by atoms with Crippen molar-refractivity contribution in [1.82, 2.24) is 4.90 Å². The summed E-state index contributed by atoms with van der Waals surface area (Å²) in [5.74, 6) is -0.818. The van der Waals surface area contributed by atoms with Gasteiger partial charge >= 0.3 is 5.97 Å². The minimum atomic E-state index is -0.733. The van der Waals surface area contributed by atoms with E-state index >= 15 is 0 Å². The minimum absolute atomic E-state index is 0.0633. The molecule has 1 fully saturated rings. The fourth-order valence-electron chi connectivity index (χ4n) is 3.41. The Bertz CT molecular complexity index is 1000. The van der Waals surface area contributed by atoms with E-state index in [-0.39, 0.29) is 23.1 Å². The molecular formula is C21H21N3O6. The molecule has 9 heteroatoms. The summed E-state index contributed by atoms with van der Waals surface area (Å²) in [6, 6.07) is 9.76. The maximum atomic E-state index is 12.9. The number of carbonyl (C=O) groups excluding carboxylic acids is 3. The van der Waals surface area contributed by atoms with Crippen molar-refractivity contribution >= 4 is 29.2 Å². The zero-order valence-electron chi connectivity index (χ0n) is 16.6. The van der Waals surface area contributed by atoms with Crippen molar-refractivity contribution in [2.24, 2.45) is 0 Å². The van der Waals surface area contributed by atoms with Crippen LogP contribution in [-0.2, 0) is 9.59 Å². The highest BCUT2D eigenvalue weighted by Crippen LogP contribution is 2.25. The number of hydrogen-bond donors (Lipinski definition) is 1. The number of nitrogens with zero attached hydrogens (tertiary/aromatic N) is 2. The smallest absolute Gasteiger partial charge is 0.334 e. The quantitative estimate of drug-likeness (QED) is 0.350. The first-order valence-electron chi connectivity index (χ1n) is 9.41. The lowest BCUT2D eigenvalue weighted by Gasteiger charge is -2.23. The number of amides is 2. The molecule has 1 atom stereocenters. The third-order valence-corrected chi connectivity index (χ3v) is 4.82. The Kier molecular flexibility index (Phi) is 6.10. The summed E-state index contributed by atoms with van der Waals surface area (Å²) in [6.07, 6.45) is 1.12. The van der Waals surface area contributed by atoms with Crippen LogP contribution < -0.4 is 10.1 Å². The Labute approximate surface area is 172 Å². The Morgan fingerprint density at radius 3 is 2.47 bits per heavy atom. The molecule has 1 saturated heterocycles. The summed E-state index contributed by atoms with van der Waals surface area (Å²) >= 11 is 0. The normalized spacial score (nSPS) is 15.5. The van der Waals surface area contributed by atoms with Gasteiger partial charge in [-0.2, -0.15) is 0 Å². The van der Waals surface area contributed by atoms with Gasteiger partial charge in [-0.15, -0.1) is 0 Å². The fourth-order valence-corrected chi connectivity index (χ4v) is 3.41. The molecule has 1 N–H and O–H groups in total. The molecule has 0 saturated carbocycles. The molecule has 156 valence electrons. The van der Waals surface area contributed by atoms with Crippen molar-refractivity contribution in [2.45, 2.75) is 32.7 Å². The van der Waals surface area contributed by atoms with E-state index in [9.17, 15) is 24.5 Å². The van der Waals surface area contributed by atoms with Crippen molar-refractivity contribution in [3.05, 3.63) is 63.7 Å². The Morgan fingerprint density at radius 1 is 1.17 bits per heavy atom. The average Bonchev–Trinajstić information content (AvgIpc) is 3.18. The molecule has 0 bridgehead atoms. The van der Waals surface area contributed by atoms with Gasteiger partial charge in [-0.05, 0) is 56.2 Å². The summed E-state index contributed by atoms with van der Waals surface area (Å²) in [5.41, 5.74) is 1.18. The summed E-state index contributed by atoms with van der Waals surface area (Å²) in [6.45, 7) is 3.36. The Balaban J connectivity index is 1.71. The number of aryl methyl sites for hydroxylation is 1. The highest BCUT2D eigenvalue weighted by molar-refractivity contribution is 5.98. The number of hydrogen-bond acceptors (Lipinski definition) is 6. The Hall–Kier alpha value is -3.75. The van der Waals surface area contributed by atoms with Crippen LogP contribution in [0, 0.1) is 17.0 Å². The molecule has 9 nitrogen and oxygen atoms in total. The monoisotopic (exact) mass is 411 g/mol. The van der Waals surface area contributed by atoms with Gasteiger partial charge in [0.15, 0.2) is 0 Å². The van der Waals surface area contributed by atoms with Crippen LogP contribution in [0.4, 0.5) is 11.4 Å². The Morgan fingerprint density at radius 2 is 1.87 bits per heavy atom. The van der Waals surface area contributed by atoms with Gasteiger partial charge in [-0.1, -0.05) is 0 Å². The number of ether oxygens (including phenoxy) is 1. The van der Waals surface area contributed by atoms with Gasteiger partial charge in [0.05, 0.1) is 4.92 Å². The highest BCUT2D eigenvalue weighted by Gasteiger charge is 2.36. The average molecular weight is 411 g/mol. The second kappa shape index (κ2) is 8.73. The summed E-state index contributed by atoms with van der Waals surface area (Å²) in [7, 11) is 0. The van der Waals surface area contributed by atoms with Crippen LogP contribution in [0.5, 0.6) is 5.75 Å². The van der Waals surface area contributed by atoms with Crippen molar-refractivity contribution in [1.29, 1.82) is 0 Å². The van der Waals surface area contributed by atoms with Gasteiger partial charge in [0.25, 0.3) is 11.6 Å². The summed E-state index contributed by atoms with van der Waals surface area (Å²) in [5, 5.41) is 13.6. The maximum Gasteiger partial charge on any atom is 0.334 e. The first-order chi connectivity index (χ1) is 14.3. The van der Waals surface area contributed by atoms with Crippen molar-refractivity contribution in [3.8, 4) is 5.75 Å². The summed E-state index contributed by atoms with van der Waals surface area (Å²) in [4.78, 5) is 48.5. The van der Waals surface area contributed by atoms with Crippen LogP contribution in [-0.4, -0.2) is 40.2 Å². The lowest BCUT2D eigenvalue weighted by atomic mass is 10.1. The predicted octanol–water partition coefficient (Wildman–Crippen LogP) is 3.07. The van der Waals surface area contributed by atoms with E-state index in [2.05, 4.69) is 5.32 Å². The number of benzene rings is 2. The van der Waals surface area contributed by atoms with E-state index in [4.69, 9.17) is 4.74 Å². The van der Waals surface area contributed by atoms with Crippen LogP contribution >= 0.6 is 0 Å². The number of nitro groups is 1. The molecular weight excluding hydrogens is 390 g/mol. The van der Waals surface area contributed by atoms with E-state index < -0.39 is 16.9 Å². The first kappa shape index (κ1) is 21.0. The van der Waals surface area contributed by atoms with Gasteiger partial charge in [0, 0.05) is 36.3 Å². The molecule has 1 unspecified atom stereocenters. The first-order valence-corrected chi connectivity index (χ1v) is 9.41. The van der Waals surface area contributed by atoms with Crippen molar-refractivity contribution < 1.29 is 24.0 Å². The third kappa shape index (κ3) is 4.62.